The topological polar surface area (TPSA) is 26.3 Å². The molecule has 0 amide bonds. The fourth-order valence-corrected chi connectivity index (χ4v) is 10.2. The molecule has 0 bridgehead atoms. The van der Waals surface area contributed by atoms with Crippen LogP contribution in [0.1, 0.15) is 35.3 Å². The number of rotatable bonds is 5. The van der Waals surface area contributed by atoms with Crippen LogP contribution in [0.15, 0.2) is 91.0 Å². The fourth-order valence-electron chi connectivity index (χ4n) is 5.20. The van der Waals surface area contributed by atoms with Crippen LogP contribution >= 0.6 is 0 Å². The minimum Gasteiger partial charge on any atom is -0.457 e. The Kier molecular flexibility index (Phi) is 5.42. The van der Waals surface area contributed by atoms with E-state index in [0.717, 1.165) is 5.56 Å². The number of carbonyl (C=O) groups is 1. The average molecular weight is 401 g/mol. The van der Waals surface area contributed by atoms with Crippen molar-refractivity contribution in [1.82, 2.24) is 0 Å². The molecule has 3 aromatic rings. The number of hydrogen-bond donors (Lipinski definition) is 0. The van der Waals surface area contributed by atoms with Gasteiger partial charge in [-0.3, -0.25) is 4.79 Å². The molecule has 1 aliphatic heterocycles. The first kappa shape index (κ1) is 19.7. The van der Waals surface area contributed by atoms with Gasteiger partial charge in [0.1, 0.15) is 6.10 Å². The third kappa shape index (κ3) is 3.67. The lowest BCUT2D eigenvalue weighted by molar-refractivity contribution is -0.144. The van der Waals surface area contributed by atoms with Gasteiger partial charge >= 0.3 is 5.97 Å². The highest BCUT2D eigenvalue weighted by Crippen LogP contribution is 2.54. The predicted octanol–water partition coefficient (Wildman–Crippen LogP) is 6.37. The first-order valence-corrected chi connectivity index (χ1v) is 13.5. The zero-order valence-corrected chi connectivity index (χ0v) is 18.3. The van der Waals surface area contributed by atoms with Gasteiger partial charge in [-0.1, -0.05) is 111 Å². The van der Waals surface area contributed by atoms with E-state index in [0.29, 0.717) is 0 Å². The van der Waals surface area contributed by atoms with E-state index in [9.17, 15) is 4.79 Å². The molecule has 0 saturated carbocycles. The van der Waals surface area contributed by atoms with E-state index in [1.807, 2.05) is 18.2 Å². The zero-order chi connectivity index (χ0) is 20.4. The molecule has 1 saturated heterocycles. The molecule has 0 radical (unpaired) electrons. The molecule has 0 aliphatic carbocycles. The Hall–Kier alpha value is -2.65. The van der Waals surface area contributed by atoms with Crippen molar-refractivity contribution in [2.45, 2.75) is 37.2 Å². The number of benzene rings is 3. The molecule has 1 fully saturated rings. The highest BCUT2D eigenvalue weighted by molar-refractivity contribution is 6.81. The molecule has 4 rings (SSSR count). The molecule has 1 aliphatic rings. The van der Waals surface area contributed by atoms with Crippen molar-refractivity contribution in [3.8, 4) is 0 Å². The molecule has 0 unspecified atom stereocenters. The van der Waals surface area contributed by atoms with Gasteiger partial charge in [-0.05, 0) is 16.7 Å². The fraction of sp³-hybridized carbons (Fsp3) is 0.269. The number of cyclic esters (lactones) is 1. The van der Waals surface area contributed by atoms with Crippen molar-refractivity contribution in [2.24, 2.45) is 5.92 Å². The van der Waals surface area contributed by atoms with Crippen molar-refractivity contribution in [2.75, 3.05) is 0 Å². The van der Waals surface area contributed by atoms with Crippen LogP contribution in [-0.2, 0) is 9.53 Å². The maximum absolute atomic E-state index is 12.7. The quantitative estimate of drug-likeness (QED) is 0.367. The van der Waals surface area contributed by atoms with Crippen LogP contribution in [0, 0.1) is 5.92 Å². The smallest absolute Gasteiger partial charge is 0.309 e. The van der Waals surface area contributed by atoms with Crippen LogP contribution < -0.4 is 0 Å². The Balaban J connectivity index is 1.83. The van der Waals surface area contributed by atoms with Gasteiger partial charge < -0.3 is 4.74 Å². The molecule has 3 atom stereocenters. The molecular formula is C26H28O2Si. The minimum absolute atomic E-state index is 0.0655. The van der Waals surface area contributed by atoms with Gasteiger partial charge in [0.15, 0.2) is 0 Å². The van der Waals surface area contributed by atoms with Gasteiger partial charge in [0.05, 0.1) is 14.0 Å². The van der Waals surface area contributed by atoms with Crippen LogP contribution in [0.25, 0.3) is 0 Å². The monoisotopic (exact) mass is 400 g/mol. The third-order valence-electron chi connectivity index (χ3n) is 6.48. The molecule has 29 heavy (non-hydrogen) atoms. The average Bonchev–Trinajstić information content (AvgIpc) is 3.05. The largest absolute Gasteiger partial charge is 0.457 e. The second-order valence-corrected chi connectivity index (χ2v) is 13.5. The Morgan fingerprint density at radius 2 is 1.21 bits per heavy atom. The number of ether oxygens (including phenoxy) is 1. The van der Waals surface area contributed by atoms with Gasteiger partial charge in [-0.25, -0.2) is 0 Å². The van der Waals surface area contributed by atoms with E-state index in [4.69, 9.17) is 4.74 Å². The van der Waals surface area contributed by atoms with Crippen LogP contribution in [0.5, 0.6) is 0 Å². The highest BCUT2D eigenvalue weighted by Gasteiger charge is 2.54. The Bertz CT molecular complexity index is 914. The molecule has 0 spiro atoms. The van der Waals surface area contributed by atoms with Gasteiger partial charge in [0.2, 0.25) is 0 Å². The summed E-state index contributed by atoms with van der Waals surface area (Å²) in [6.07, 6.45) is -0.171. The van der Waals surface area contributed by atoms with E-state index in [-0.39, 0.29) is 29.1 Å². The van der Waals surface area contributed by atoms with Crippen molar-refractivity contribution in [3.05, 3.63) is 108 Å². The highest BCUT2D eigenvalue weighted by atomic mass is 28.3. The minimum atomic E-state index is -2.08. The van der Waals surface area contributed by atoms with Crippen LogP contribution in [-0.4, -0.2) is 14.0 Å². The molecule has 0 aromatic heterocycles. The third-order valence-corrected chi connectivity index (χ3v) is 11.2. The molecule has 2 nitrogen and oxygen atoms in total. The first-order valence-electron chi connectivity index (χ1n) is 10.4. The van der Waals surface area contributed by atoms with E-state index in [1.165, 1.54) is 11.1 Å². The summed E-state index contributed by atoms with van der Waals surface area (Å²) in [4.78, 5) is 12.7. The van der Waals surface area contributed by atoms with Crippen LogP contribution in [0.2, 0.25) is 18.6 Å². The first-order chi connectivity index (χ1) is 14.0. The van der Waals surface area contributed by atoms with Crippen molar-refractivity contribution in [1.29, 1.82) is 0 Å². The van der Waals surface area contributed by atoms with E-state index < -0.39 is 8.07 Å². The molecule has 3 heteroatoms. The SMILES string of the molecule is C[C@H]1C(=O)O[C@@H](c2ccccc2)[C@@H]1[Si](C)(C)C(c1ccccc1)c1ccccc1. The summed E-state index contributed by atoms with van der Waals surface area (Å²) in [5.74, 6) is -0.166. The molecule has 148 valence electrons. The maximum Gasteiger partial charge on any atom is 0.309 e. The van der Waals surface area contributed by atoms with Gasteiger partial charge in [-0.2, -0.15) is 0 Å². The summed E-state index contributed by atoms with van der Waals surface area (Å²) in [6.45, 7) is 6.91. The standard InChI is InChI=1S/C26H28O2Si/c1-19-24(23(28-26(19)27)20-13-7-4-8-14-20)29(2,3)25(21-15-9-5-10-16-21)22-17-11-6-12-18-22/h4-19,23-25H,1-3H3/t19-,23+,24-/m1/s1. The van der Waals surface area contributed by atoms with E-state index >= 15 is 0 Å². The Morgan fingerprint density at radius 3 is 1.69 bits per heavy atom. The lowest BCUT2D eigenvalue weighted by Crippen LogP contribution is -2.44. The van der Waals surface area contributed by atoms with Crippen LogP contribution in [0.3, 0.4) is 0 Å². The van der Waals surface area contributed by atoms with Gasteiger partial charge in [-0.15, -0.1) is 0 Å². The van der Waals surface area contributed by atoms with Crippen molar-refractivity contribution in [3.63, 3.8) is 0 Å². The summed E-state index contributed by atoms with van der Waals surface area (Å²) in [5, 5.41) is 0. The van der Waals surface area contributed by atoms with Crippen molar-refractivity contribution < 1.29 is 9.53 Å². The summed E-state index contributed by atoms with van der Waals surface area (Å²) >= 11 is 0. The molecule has 1 heterocycles. The molecular weight excluding hydrogens is 372 g/mol. The zero-order valence-electron chi connectivity index (χ0n) is 17.3. The lowest BCUT2D eigenvalue weighted by Gasteiger charge is -2.41. The normalized spacial score (nSPS) is 21.9. The maximum atomic E-state index is 12.7. The number of carbonyl (C=O) groups excluding carboxylic acids is 1. The predicted molar refractivity (Wildman–Crippen MR) is 120 cm³/mol. The summed E-state index contributed by atoms with van der Waals surface area (Å²) in [7, 11) is -2.08. The van der Waals surface area contributed by atoms with Crippen LogP contribution in [0.4, 0.5) is 0 Å². The second-order valence-electron chi connectivity index (χ2n) is 8.66. The summed E-state index contributed by atoms with van der Waals surface area (Å²) < 4.78 is 5.98. The van der Waals surface area contributed by atoms with Gasteiger partial charge in [0.25, 0.3) is 0 Å². The van der Waals surface area contributed by atoms with Gasteiger partial charge in [0, 0.05) is 11.1 Å². The Morgan fingerprint density at radius 1 is 0.759 bits per heavy atom. The molecule has 3 aromatic carbocycles. The van der Waals surface area contributed by atoms with E-state index in [1.54, 1.807) is 0 Å². The number of esters is 1. The lowest BCUT2D eigenvalue weighted by atomic mass is 10.0. The molecule has 0 N–H and O–H groups in total. The Labute approximate surface area is 174 Å². The number of hydrogen-bond acceptors (Lipinski definition) is 2. The summed E-state index contributed by atoms with van der Waals surface area (Å²) in [6, 6.07) is 31.8. The van der Waals surface area contributed by atoms with Crippen molar-refractivity contribution >= 4 is 14.0 Å². The second kappa shape index (κ2) is 8.00. The summed E-state index contributed by atoms with van der Waals surface area (Å²) in [5.41, 5.74) is 4.25. The van der Waals surface area contributed by atoms with E-state index in [2.05, 4.69) is 92.8 Å².